The van der Waals surface area contributed by atoms with Crippen molar-refractivity contribution < 1.29 is 22.8 Å². The first-order chi connectivity index (χ1) is 12.9. The minimum absolute atomic E-state index is 0.129. The van der Waals surface area contributed by atoms with E-state index in [4.69, 9.17) is 0 Å². The number of nitrogens with zero attached hydrogens (tertiary/aromatic N) is 1. The lowest BCUT2D eigenvalue weighted by Gasteiger charge is -2.31. The molecule has 7 heteroatoms. The summed E-state index contributed by atoms with van der Waals surface area (Å²) in [6.07, 6.45) is 0.823. The molecule has 1 fully saturated rings. The molecule has 27 heavy (non-hydrogen) atoms. The van der Waals surface area contributed by atoms with Crippen LogP contribution < -0.4 is 5.32 Å². The normalized spacial score (nSPS) is 14.9. The van der Waals surface area contributed by atoms with E-state index in [9.17, 15) is 22.8 Å². The van der Waals surface area contributed by atoms with Crippen LogP contribution in [0.15, 0.2) is 36.4 Å². The van der Waals surface area contributed by atoms with Crippen molar-refractivity contribution >= 4 is 17.5 Å². The number of amides is 2. The standard InChI is InChI=1S/C20H19F3N2O2/c1-12-4-2-3-5-16(12)24-19(26)13-8-10-25(11-9-13)20(27)14-6-7-15(21)18(23)17(14)22/h2-7,13H,8-11H2,1H3,(H,24,26). The summed E-state index contributed by atoms with van der Waals surface area (Å²) in [5.74, 6) is -5.59. The van der Waals surface area contributed by atoms with Crippen molar-refractivity contribution in [3.63, 3.8) is 0 Å². The van der Waals surface area contributed by atoms with Gasteiger partial charge in [0.1, 0.15) is 0 Å². The molecule has 0 bridgehead atoms. The van der Waals surface area contributed by atoms with Gasteiger partial charge in [-0.1, -0.05) is 18.2 Å². The molecule has 1 N–H and O–H groups in total. The van der Waals surface area contributed by atoms with E-state index in [-0.39, 0.29) is 24.9 Å². The number of hydrogen-bond donors (Lipinski definition) is 1. The molecule has 0 radical (unpaired) electrons. The number of carbonyl (C=O) groups excluding carboxylic acids is 2. The number of halogens is 3. The Bertz CT molecular complexity index is 878. The average Bonchev–Trinajstić information content (AvgIpc) is 2.67. The second-order valence-electron chi connectivity index (χ2n) is 6.59. The molecule has 0 unspecified atom stereocenters. The van der Waals surface area contributed by atoms with E-state index in [0.29, 0.717) is 12.8 Å². The van der Waals surface area contributed by atoms with Crippen molar-refractivity contribution in [2.24, 2.45) is 5.92 Å². The van der Waals surface area contributed by atoms with Crippen molar-refractivity contribution in [2.45, 2.75) is 19.8 Å². The number of anilines is 1. The number of para-hydroxylation sites is 1. The molecule has 2 aromatic rings. The van der Waals surface area contributed by atoms with Crippen LogP contribution in [0, 0.1) is 30.3 Å². The van der Waals surface area contributed by atoms with E-state index in [1.165, 1.54) is 4.90 Å². The molecule has 2 aromatic carbocycles. The highest BCUT2D eigenvalue weighted by Crippen LogP contribution is 2.24. The molecule has 1 aliphatic heterocycles. The summed E-state index contributed by atoms with van der Waals surface area (Å²) in [6.45, 7) is 2.37. The van der Waals surface area contributed by atoms with Crippen molar-refractivity contribution in [3.8, 4) is 0 Å². The summed E-state index contributed by atoms with van der Waals surface area (Å²) in [4.78, 5) is 26.2. The highest BCUT2D eigenvalue weighted by atomic mass is 19.2. The second kappa shape index (κ2) is 7.82. The zero-order valence-electron chi connectivity index (χ0n) is 14.8. The zero-order chi connectivity index (χ0) is 19.6. The van der Waals surface area contributed by atoms with Gasteiger partial charge in [-0.2, -0.15) is 0 Å². The lowest BCUT2D eigenvalue weighted by molar-refractivity contribution is -0.121. The van der Waals surface area contributed by atoms with Gasteiger partial charge >= 0.3 is 0 Å². The van der Waals surface area contributed by atoms with Crippen LogP contribution >= 0.6 is 0 Å². The van der Waals surface area contributed by atoms with Gasteiger partial charge in [0.15, 0.2) is 17.5 Å². The van der Waals surface area contributed by atoms with Crippen LogP contribution in [0.2, 0.25) is 0 Å². The Morgan fingerprint density at radius 1 is 1.00 bits per heavy atom. The largest absolute Gasteiger partial charge is 0.339 e. The van der Waals surface area contributed by atoms with Crippen LogP contribution in [0.1, 0.15) is 28.8 Å². The summed E-state index contributed by atoms with van der Waals surface area (Å²) >= 11 is 0. The van der Waals surface area contributed by atoms with Crippen LogP contribution in [-0.4, -0.2) is 29.8 Å². The number of aryl methyl sites for hydroxylation is 1. The first-order valence-electron chi connectivity index (χ1n) is 8.67. The molecule has 1 heterocycles. The number of carbonyl (C=O) groups is 2. The Kier molecular flexibility index (Phi) is 5.48. The maximum atomic E-state index is 13.8. The minimum Gasteiger partial charge on any atom is -0.339 e. The number of hydrogen-bond acceptors (Lipinski definition) is 2. The molecule has 0 spiro atoms. The van der Waals surface area contributed by atoms with Gasteiger partial charge in [0.05, 0.1) is 5.56 Å². The fraction of sp³-hybridized carbons (Fsp3) is 0.300. The molecule has 142 valence electrons. The first kappa shape index (κ1) is 18.9. The third-order valence-electron chi connectivity index (χ3n) is 4.82. The van der Waals surface area contributed by atoms with E-state index >= 15 is 0 Å². The molecule has 2 amide bonds. The van der Waals surface area contributed by atoms with Crippen molar-refractivity contribution in [3.05, 3.63) is 65.0 Å². The van der Waals surface area contributed by atoms with Gasteiger partial charge in [0.2, 0.25) is 5.91 Å². The molecule has 4 nitrogen and oxygen atoms in total. The van der Waals surface area contributed by atoms with Crippen LogP contribution in [-0.2, 0) is 4.79 Å². The van der Waals surface area contributed by atoms with Crippen LogP contribution in [0.3, 0.4) is 0 Å². The van der Waals surface area contributed by atoms with E-state index < -0.39 is 28.9 Å². The minimum atomic E-state index is -1.66. The Hall–Kier alpha value is -2.83. The predicted molar refractivity (Wildman–Crippen MR) is 94.8 cm³/mol. The van der Waals surface area contributed by atoms with Gasteiger partial charge in [-0.15, -0.1) is 0 Å². The number of piperidine rings is 1. The monoisotopic (exact) mass is 376 g/mol. The summed E-state index contributed by atoms with van der Waals surface area (Å²) in [6, 6.07) is 9.10. The first-order valence-corrected chi connectivity index (χ1v) is 8.67. The van der Waals surface area contributed by atoms with E-state index in [0.717, 1.165) is 23.4 Å². The fourth-order valence-corrected chi connectivity index (χ4v) is 3.15. The van der Waals surface area contributed by atoms with E-state index in [2.05, 4.69) is 5.32 Å². The van der Waals surface area contributed by atoms with Gasteiger partial charge in [0, 0.05) is 24.7 Å². The van der Waals surface area contributed by atoms with Gasteiger partial charge in [-0.05, 0) is 43.5 Å². The average molecular weight is 376 g/mol. The Morgan fingerprint density at radius 2 is 1.67 bits per heavy atom. The maximum Gasteiger partial charge on any atom is 0.256 e. The molecule has 3 rings (SSSR count). The van der Waals surface area contributed by atoms with E-state index in [1.54, 1.807) is 0 Å². The fourth-order valence-electron chi connectivity index (χ4n) is 3.15. The van der Waals surface area contributed by atoms with Gasteiger partial charge < -0.3 is 10.2 Å². The summed E-state index contributed by atoms with van der Waals surface area (Å²) in [5, 5.41) is 2.88. The number of likely N-dealkylation sites (tertiary alicyclic amines) is 1. The predicted octanol–water partition coefficient (Wildman–Crippen LogP) is 3.90. The van der Waals surface area contributed by atoms with Gasteiger partial charge in [0.25, 0.3) is 5.91 Å². The summed E-state index contributed by atoms with van der Waals surface area (Å²) in [7, 11) is 0. The van der Waals surface area contributed by atoms with Crippen molar-refractivity contribution in [2.75, 3.05) is 18.4 Å². The van der Waals surface area contributed by atoms with Crippen LogP contribution in [0.4, 0.5) is 18.9 Å². The quantitative estimate of drug-likeness (QED) is 0.826. The molecule has 0 atom stereocenters. The number of rotatable bonds is 3. The lowest BCUT2D eigenvalue weighted by atomic mass is 9.95. The van der Waals surface area contributed by atoms with Crippen LogP contribution in [0.25, 0.3) is 0 Å². The molecular weight excluding hydrogens is 357 g/mol. The third-order valence-corrected chi connectivity index (χ3v) is 4.82. The van der Waals surface area contributed by atoms with Crippen molar-refractivity contribution in [1.82, 2.24) is 4.90 Å². The third kappa shape index (κ3) is 3.97. The smallest absolute Gasteiger partial charge is 0.256 e. The number of benzene rings is 2. The highest BCUT2D eigenvalue weighted by Gasteiger charge is 2.30. The van der Waals surface area contributed by atoms with Crippen molar-refractivity contribution in [1.29, 1.82) is 0 Å². The second-order valence-corrected chi connectivity index (χ2v) is 6.59. The zero-order valence-corrected chi connectivity index (χ0v) is 14.8. The topological polar surface area (TPSA) is 49.4 Å². The molecule has 1 saturated heterocycles. The molecule has 0 aromatic heterocycles. The maximum absolute atomic E-state index is 13.8. The molecule has 1 aliphatic rings. The van der Waals surface area contributed by atoms with Gasteiger partial charge in [-0.25, -0.2) is 13.2 Å². The Morgan fingerprint density at radius 3 is 2.33 bits per heavy atom. The molecule has 0 saturated carbocycles. The Balaban J connectivity index is 1.62. The Labute approximate surface area is 155 Å². The van der Waals surface area contributed by atoms with Crippen LogP contribution in [0.5, 0.6) is 0 Å². The molecule has 0 aliphatic carbocycles. The lowest BCUT2D eigenvalue weighted by Crippen LogP contribution is -2.41. The summed E-state index contributed by atoms with van der Waals surface area (Å²) in [5.41, 5.74) is 1.19. The van der Waals surface area contributed by atoms with E-state index in [1.807, 2.05) is 31.2 Å². The number of nitrogens with one attached hydrogen (secondary N) is 1. The SMILES string of the molecule is Cc1ccccc1NC(=O)C1CCN(C(=O)c2ccc(F)c(F)c2F)CC1. The molecular formula is C20H19F3N2O2. The summed E-state index contributed by atoms with van der Waals surface area (Å²) < 4.78 is 40.2. The van der Waals surface area contributed by atoms with Gasteiger partial charge in [-0.3, -0.25) is 9.59 Å². The highest BCUT2D eigenvalue weighted by molar-refractivity contribution is 5.95.